The Morgan fingerprint density at radius 3 is 2.58 bits per heavy atom. The molecule has 1 heterocycles. The Morgan fingerprint density at radius 1 is 1.42 bits per heavy atom. The predicted octanol–water partition coefficient (Wildman–Crippen LogP) is 2.39. The van der Waals surface area contributed by atoms with Crippen molar-refractivity contribution in [2.45, 2.75) is 17.3 Å². The molecule has 0 atom stereocenters. The molecule has 0 spiro atoms. The summed E-state index contributed by atoms with van der Waals surface area (Å²) in [4.78, 5) is 0. The third-order valence-corrected chi connectivity index (χ3v) is 1.70. The molecule has 0 aliphatic carbocycles. The first-order valence-corrected chi connectivity index (χ1v) is 3.68. The highest BCUT2D eigenvalue weighted by Crippen LogP contribution is 2.27. The molecule has 7 heteroatoms. The normalized spacial score (nSPS) is 11.5. The maximum absolute atomic E-state index is 11.9. The van der Waals surface area contributed by atoms with Crippen LogP contribution in [0, 0.1) is 6.20 Å². The molecule has 0 aliphatic rings. The molecule has 0 bridgehead atoms. The van der Waals surface area contributed by atoms with Gasteiger partial charge in [-0.25, -0.2) is 0 Å². The molecule has 0 saturated heterocycles. The Labute approximate surface area is 69.6 Å². The zero-order valence-corrected chi connectivity index (χ0v) is 6.36. The fourth-order valence-corrected chi connectivity index (χ4v) is 1.11. The van der Waals surface area contributed by atoms with Crippen LogP contribution in [0.5, 0.6) is 0 Å². The number of hydrogen-bond donors (Lipinski definition) is 0. The van der Waals surface area contributed by atoms with Crippen molar-refractivity contribution < 1.29 is 17.6 Å². The monoisotopic (exact) mass is 199 g/mol. The van der Waals surface area contributed by atoms with E-state index in [1.165, 1.54) is 0 Å². The van der Waals surface area contributed by atoms with Crippen LogP contribution < -0.4 is 0 Å². The van der Waals surface area contributed by atoms with Gasteiger partial charge < -0.3 is 0 Å². The van der Waals surface area contributed by atoms with Crippen molar-refractivity contribution in [3.8, 4) is 0 Å². The molecule has 2 nitrogen and oxygen atoms in total. The van der Waals surface area contributed by atoms with Crippen LogP contribution in [0.4, 0.5) is 17.6 Å². The number of halogens is 4. The van der Waals surface area contributed by atoms with E-state index in [1.54, 1.807) is 0 Å². The highest BCUT2D eigenvalue weighted by molar-refractivity contribution is 7.99. The Morgan fingerprint density at radius 2 is 2.08 bits per heavy atom. The van der Waals surface area contributed by atoms with Crippen LogP contribution >= 0.6 is 11.8 Å². The van der Waals surface area contributed by atoms with Gasteiger partial charge in [-0.05, 0) is 11.8 Å². The molecule has 1 aromatic heterocycles. The van der Waals surface area contributed by atoms with Gasteiger partial charge in [-0.1, -0.05) is 0 Å². The number of hydrogen-bond acceptors (Lipinski definition) is 2. The summed E-state index contributed by atoms with van der Waals surface area (Å²) in [5.41, 5.74) is 0. The van der Waals surface area contributed by atoms with E-state index >= 15 is 0 Å². The van der Waals surface area contributed by atoms with Gasteiger partial charge in [0.05, 0.1) is 0 Å². The van der Waals surface area contributed by atoms with Crippen molar-refractivity contribution in [1.82, 2.24) is 9.78 Å². The molecular formula is C5H3F4N2S. The van der Waals surface area contributed by atoms with Crippen molar-refractivity contribution in [3.05, 3.63) is 12.3 Å². The highest BCUT2D eigenvalue weighted by atomic mass is 32.2. The molecule has 0 unspecified atom stereocenters. The summed E-state index contributed by atoms with van der Waals surface area (Å²) in [6, 6.07) is 0.989. The Hall–Kier alpha value is -0.720. The van der Waals surface area contributed by atoms with Crippen molar-refractivity contribution in [2.24, 2.45) is 0 Å². The van der Waals surface area contributed by atoms with Crippen molar-refractivity contribution in [1.29, 1.82) is 0 Å². The second-order valence-electron chi connectivity index (χ2n) is 1.71. The summed E-state index contributed by atoms with van der Waals surface area (Å²) in [7, 11) is 0. The maximum atomic E-state index is 11.9. The van der Waals surface area contributed by atoms with Crippen LogP contribution in [0.1, 0.15) is 6.55 Å². The van der Waals surface area contributed by atoms with Crippen LogP contribution in [0.25, 0.3) is 0 Å². The molecule has 12 heavy (non-hydrogen) atoms. The van der Waals surface area contributed by atoms with Crippen molar-refractivity contribution in [3.63, 3.8) is 0 Å². The molecule has 0 amide bonds. The standard InChI is InChI=1S/C5H3F4N2S/c6-4(7)11-3(1-2-10-11)12-5(8)9/h1,4-5H. The van der Waals surface area contributed by atoms with E-state index in [1.807, 2.05) is 0 Å². The summed E-state index contributed by atoms with van der Waals surface area (Å²) in [5, 5.41) is 2.76. The lowest BCUT2D eigenvalue weighted by atomic mass is 10.7. The lowest BCUT2D eigenvalue weighted by Gasteiger charge is -2.03. The van der Waals surface area contributed by atoms with E-state index in [9.17, 15) is 17.6 Å². The summed E-state index contributed by atoms with van der Waals surface area (Å²) in [6.45, 7) is -2.91. The van der Waals surface area contributed by atoms with Gasteiger partial charge in [0.15, 0.2) is 0 Å². The summed E-state index contributed by atoms with van der Waals surface area (Å²) in [5.74, 6) is -2.73. The van der Waals surface area contributed by atoms with Crippen LogP contribution in [-0.2, 0) is 0 Å². The molecule has 0 saturated carbocycles. The molecule has 0 aliphatic heterocycles. The smallest absolute Gasteiger partial charge is 0.198 e. The van der Waals surface area contributed by atoms with E-state index in [-0.39, 0.29) is 21.5 Å². The van der Waals surface area contributed by atoms with Crippen molar-refractivity contribution in [2.75, 3.05) is 0 Å². The Kier molecular flexibility index (Phi) is 2.96. The average Bonchev–Trinajstić information content (AvgIpc) is 2.33. The molecule has 1 rings (SSSR count). The molecule has 1 aromatic rings. The average molecular weight is 199 g/mol. The van der Waals surface area contributed by atoms with E-state index in [4.69, 9.17) is 0 Å². The second kappa shape index (κ2) is 3.79. The predicted molar refractivity (Wildman–Crippen MR) is 34.2 cm³/mol. The fourth-order valence-electron chi connectivity index (χ4n) is 0.581. The van der Waals surface area contributed by atoms with Crippen LogP contribution in [0.15, 0.2) is 11.1 Å². The zero-order chi connectivity index (χ0) is 9.14. The quantitative estimate of drug-likeness (QED) is 0.549. The van der Waals surface area contributed by atoms with Gasteiger partial charge in [-0.3, -0.25) is 0 Å². The first-order valence-electron chi connectivity index (χ1n) is 2.80. The van der Waals surface area contributed by atoms with E-state index < -0.39 is 12.3 Å². The number of alkyl halides is 4. The van der Waals surface area contributed by atoms with E-state index in [0.717, 1.165) is 6.07 Å². The van der Waals surface area contributed by atoms with Gasteiger partial charge in [0.1, 0.15) is 11.2 Å². The topological polar surface area (TPSA) is 17.8 Å². The second-order valence-corrected chi connectivity index (χ2v) is 2.72. The SMILES string of the molecule is FC(F)Sc1c[c]nn1C(F)F. The van der Waals surface area contributed by atoms with Crippen LogP contribution in [0.2, 0.25) is 0 Å². The first kappa shape index (κ1) is 9.37. The molecule has 0 N–H and O–H groups in total. The maximum Gasteiger partial charge on any atom is 0.334 e. The van der Waals surface area contributed by atoms with Gasteiger partial charge in [-0.15, -0.1) is 0 Å². The van der Waals surface area contributed by atoms with Gasteiger partial charge in [-0.2, -0.15) is 27.3 Å². The zero-order valence-electron chi connectivity index (χ0n) is 5.55. The van der Waals surface area contributed by atoms with Crippen molar-refractivity contribution >= 4 is 11.8 Å². The lowest BCUT2D eigenvalue weighted by Crippen LogP contribution is -2.02. The number of thioether (sulfide) groups is 1. The Balaban J connectivity index is 2.77. The van der Waals surface area contributed by atoms with Crippen LogP contribution in [-0.4, -0.2) is 15.5 Å². The number of rotatable bonds is 3. The largest absolute Gasteiger partial charge is 0.334 e. The number of aromatic nitrogens is 2. The minimum atomic E-state index is -2.91. The summed E-state index contributed by atoms with van der Waals surface area (Å²) >= 11 is 0.0159. The van der Waals surface area contributed by atoms with Gasteiger partial charge in [0.25, 0.3) is 5.76 Å². The van der Waals surface area contributed by atoms with E-state index in [2.05, 4.69) is 11.3 Å². The minimum absolute atomic E-state index is 0.0159. The molecule has 0 fully saturated rings. The van der Waals surface area contributed by atoms with Crippen LogP contribution in [0.3, 0.4) is 0 Å². The molecule has 0 aromatic carbocycles. The van der Waals surface area contributed by atoms with Gasteiger partial charge >= 0.3 is 6.55 Å². The van der Waals surface area contributed by atoms with Gasteiger partial charge in [0.2, 0.25) is 0 Å². The van der Waals surface area contributed by atoms with Gasteiger partial charge in [0, 0.05) is 6.07 Å². The summed E-state index contributed by atoms with van der Waals surface area (Å²) in [6.07, 6.45) is 2.06. The highest BCUT2D eigenvalue weighted by Gasteiger charge is 2.15. The number of nitrogens with zero attached hydrogens (tertiary/aromatic N) is 2. The molecular weight excluding hydrogens is 196 g/mol. The van der Waals surface area contributed by atoms with E-state index in [0.29, 0.717) is 0 Å². The lowest BCUT2D eigenvalue weighted by molar-refractivity contribution is 0.0471. The third kappa shape index (κ3) is 2.13. The fraction of sp³-hybridized carbons (Fsp3) is 0.400. The first-order chi connectivity index (χ1) is 5.61. The molecule has 67 valence electrons. The Bertz CT molecular complexity index is 249. The minimum Gasteiger partial charge on any atom is -0.198 e. The summed E-state index contributed by atoms with van der Waals surface area (Å²) < 4.78 is 47.5. The molecule has 1 radical (unpaired) electrons. The third-order valence-electron chi connectivity index (χ3n) is 0.974.